The van der Waals surface area contributed by atoms with Crippen molar-refractivity contribution in [3.8, 4) is 5.75 Å². The fraction of sp³-hybridized carbons (Fsp3) is 0.243. The van der Waals surface area contributed by atoms with E-state index in [1.807, 2.05) is 72.8 Å². The molecule has 0 bridgehead atoms. The van der Waals surface area contributed by atoms with E-state index in [-0.39, 0.29) is 12.2 Å². The van der Waals surface area contributed by atoms with Crippen molar-refractivity contribution in [3.63, 3.8) is 0 Å². The van der Waals surface area contributed by atoms with Gasteiger partial charge in [-0.25, -0.2) is 0 Å². The maximum atomic E-state index is 6.57. The van der Waals surface area contributed by atoms with E-state index in [0.717, 1.165) is 27.8 Å². The van der Waals surface area contributed by atoms with Gasteiger partial charge in [0, 0.05) is 6.42 Å². The summed E-state index contributed by atoms with van der Waals surface area (Å²) in [6.45, 7) is 1.75. The quantitative estimate of drug-likeness (QED) is 0.156. The van der Waals surface area contributed by atoms with Gasteiger partial charge in [0.05, 0.1) is 32.5 Å². The second-order valence-corrected chi connectivity index (χ2v) is 10.6. The first-order valence-corrected chi connectivity index (χ1v) is 14.5. The summed E-state index contributed by atoms with van der Waals surface area (Å²) in [5, 5.41) is 2.29. The molecule has 2 unspecified atom stereocenters. The van der Waals surface area contributed by atoms with E-state index in [1.165, 1.54) is 5.39 Å². The molecule has 1 heterocycles. The first-order chi connectivity index (χ1) is 20.8. The lowest BCUT2D eigenvalue weighted by molar-refractivity contribution is -0.257. The average molecular weight is 561 g/mol. The highest BCUT2D eigenvalue weighted by Crippen LogP contribution is 2.30. The van der Waals surface area contributed by atoms with Gasteiger partial charge in [0.15, 0.2) is 0 Å². The molecule has 0 saturated carbocycles. The zero-order valence-corrected chi connectivity index (χ0v) is 23.6. The number of fused-ring (bicyclic) bond motifs is 1. The molecule has 0 N–H and O–H groups in total. The number of rotatable bonds is 12. The molecule has 214 valence electrons. The Hall–Kier alpha value is -4.00. The third-order valence-electron chi connectivity index (χ3n) is 7.46. The van der Waals surface area contributed by atoms with Crippen LogP contribution in [0.2, 0.25) is 0 Å². The molecule has 5 aromatic carbocycles. The summed E-state index contributed by atoms with van der Waals surface area (Å²) >= 11 is 0. The van der Waals surface area contributed by atoms with Crippen molar-refractivity contribution in [2.45, 2.75) is 50.8 Å². The largest absolute Gasteiger partial charge is 0.465 e. The molecular weight excluding hydrogens is 524 g/mol. The number of ether oxygens (including phenoxy) is 5. The van der Waals surface area contributed by atoms with Crippen LogP contribution in [-0.2, 0) is 38.8 Å². The number of hydrogen-bond donors (Lipinski definition) is 0. The molecule has 1 aliphatic heterocycles. The minimum absolute atomic E-state index is 0.265. The van der Waals surface area contributed by atoms with Gasteiger partial charge in [-0.2, -0.15) is 0 Å². The van der Waals surface area contributed by atoms with Crippen LogP contribution in [0.4, 0.5) is 0 Å². The second kappa shape index (κ2) is 14.3. The summed E-state index contributed by atoms with van der Waals surface area (Å²) in [5.41, 5.74) is 3.31. The zero-order valence-electron chi connectivity index (χ0n) is 23.6. The molecule has 5 nitrogen and oxygen atoms in total. The van der Waals surface area contributed by atoms with Crippen LogP contribution in [0.25, 0.3) is 10.8 Å². The molecular formula is C37H36O5. The fourth-order valence-corrected chi connectivity index (χ4v) is 5.28. The van der Waals surface area contributed by atoms with Crippen LogP contribution in [0.15, 0.2) is 133 Å². The number of hydrogen-bond acceptors (Lipinski definition) is 5. The van der Waals surface area contributed by atoms with Crippen LogP contribution < -0.4 is 4.74 Å². The van der Waals surface area contributed by atoms with Gasteiger partial charge in [-0.05, 0) is 39.6 Å². The van der Waals surface area contributed by atoms with Crippen molar-refractivity contribution in [2.75, 3.05) is 6.61 Å². The molecule has 0 aromatic heterocycles. The summed E-state index contributed by atoms with van der Waals surface area (Å²) < 4.78 is 32.3. The Bertz CT molecular complexity index is 1510. The normalized spacial score (nSPS) is 20.4. The Kier molecular flexibility index (Phi) is 9.55. The third-order valence-corrected chi connectivity index (χ3v) is 7.46. The van der Waals surface area contributed by atoms with E-state index >= 15 is 0 Å². The average Bonchev–Trinajstić information content (AvgIpc) is 3.05. The molecule has 6 rings (SSSR count). The van der Waals surface area contributed by atoms with Gasteiger partial charge in [-0.3, -0.25) is 0 Å². The molecule has 0 amide bonds. The van der Waals surface area contributed by atoms with Crippen molar-refractivity contribution in [1.82, 2.24) is 0 Å². The molecule has 0 spiro atoms. The maximum absolute atomic E-state index is 6.57. The molecule has 0 aliphatic carbocycles. The highest BCUT2D eigenvalue weighted by Gasteiger charge is 2.41. The molecule has 1 saturated heterocycles. The summed E-state index contributed by atoms with van der Waals surface area (Å²) in [5.74, 6) is 0.758. The van der Waals surface area contributed by atoms with Crippen LogP contribution in [0, 0.1) is 0 Å². The second-order valence-electron chi connectivity index (χ2n) is 10.6. The summed E-state index contributed by atoms with van der Waals surface area (Å²) in [7, 11) is 0. The van der Waals surface area contributed by atoms with Crippen molar-refractivity contribution in [1.29, 1.82) is 0 Å². The minimum atomic E-state index is -0.520. The Morgan fingerprint density at radius 3 is 1.81 bits per heavy atom. The van der Waals surface area contributed by atoms with Gasteiger partial charge >= 0.3 is 0 Å². The molecule has 5 heteroatoms. The highest BCUT2D eigenvalue weighted by atomic mass is 16.7. The van der Waals surface area contributed by atoms with Gasteiger partial charge in [0.1, 0.15) is 18.0 Å². The van der Waals surface area contributed by atoms with Crippen LogP contribution in [-0.4, -0.2) is 31.2 Å². The Morgan fingerprint density at radius 1 is 0.571 bits per heavy atom. The first kappa shape index (κ1) is 28.1. The van der Waals surface area contributed by atoms with E-state index < -0.39 is 12.4 Å². The standard InChI is InChI=1S/C37H36O5/c1-4-12-28(13-5-1)24-38-27-35-37(40-26-30-16-8-3-9-17-30)34(39-25-29-14-6-2-7-15-29)23-36(42-35)41-33-21-20-31-18-10-11-19-32(31)22-33/h1-22,34-37H,23-27H2/t34-,35?,36-,37?/m1/s1. The molecule has 5 aromatic rings. The summed E-state index contributed by atoms with van der Waals surface area (Å²) in [6.07, 6.45) is -1.00. The van der Waals surface area contributed by atoms with E-state index in [0.29, 0.717) is 32.8 Å². The van der Waals surface area contributed by atoms with E-state index in [1.54, 1.807) is 0 Å². The Balaban J connectivity index is 1.22. The van der Waals surface area contributed by atoms with Crippen molar-refractivity contribution in [2.24, 2.45) is 0 Å². The fourth-order valence-electron chi connectivity index (χ4n) is 5.28. The van der Waals surface area contributed by atoms with Crippen LogP contribution in [0.3, 0.4) is 0 Å². The highest BCUT2D eigenvalue weighted by molar-refractivity contribution is 5.83. The lowest BCUT2D eigenvalue weighted by atomic mass is 10.0. The Labute approximate surface area is 247 Å². The maximum Gasteiger partial charge on any atom is 0.202 e. The van der Waals surface area contributed by atoms with Gasteiger partial charge in [0.2, 0.25) is 6.29 Å². The topological polar surface area (TPSA) is 46.2 Å². The van der Waals surface area contributed by atoms with E-state index in [4.69, 9.17) is 23.7 Å². The molecule has 4 atom stereocenters. The van der Waals surface area contributed by atoms with Gasteiger partial charge in [-0.1, -0.05) is 121 Å². The van der Waals surface area contributed by atoms with Crippen molar-refractivity contribution in [3.05, 3.63) is 150 Å². The monoisotopic (exact) mass is 560 g/mol. The smallest absolute Gasteiger partial charge is 0.202 e. The van der Waals surface area contributed by atoms with Crippen LogP contribution in [0.5, 0.6) is 5.75 Å². The molecule has 1 aliphatic rings. The van der Waals surface area contributed by atoms with E-state index in [9.17, 15) is 0 Å². The van der Waals surface area contributed by atoms with Crippen LogP contribution in [0.1, 0.15) is 23.1 Å². The minimum Gasteiger partial charge on any atom is -0.465 e. The SMILES string of the molecule is c1ccc(COCC2O[C@@H](Oc3ccc4ccccc4c3)C[C@@H](OCc3ccccc3)C2OCc2ccccc2)cc1. The summed E-state index contributed by atoms with van der Waals surface area (Å²) in [6, 6.07) is 44.9. The van der Waals surface area contributed by atoms with Gasteiger partial charge in [-0.15, -0.1) is 0 Å². The molecule has 42 heavy (non-hydrogen) atoms. The van der Waals surface area contributed by atoms with Crippen LogP contribution >= 0.6 is 0 Å². The van der Waals surface area contributed by atoms with E-state index in [2.05, 4.69) is 60.7 Å². The molecule has 1 fully saturated rings. The lowest BCUT2D eigenvalue weighted by Gasteiger charge is -2.41. The van der Waals surface area contributed by atoms with Gasteiger partial charge < -0.3 is 23.7 Å². The van der Waals surface area contributed by atoms with Crippen molar-refractivity contribution >= 4 is 10.8 Å². The lowest BCUT2D eigenvalue weighted by Crippen LogP contribution is -2.53. The van der Waals surface area contributed by atoms with Crippen molar-refractivity contribution < 1.29 is 23.7 Å². The molecule has 0 radical (unpaired) electrons. The first-order valence-electron chi connectivity index (χ1n) is 14.5. The number of benzene rings is 5. The Morgan fingerprint density at radius 2 is 1.14 bits per heavy atom. The summed E-state index contributed by atoms with van der Waals surface area (Å²) in [4.78, 5) is 0. The predicted molar refractivity (Wildman–Crippen MR) is 164 cm³/mol. The predicted octanol–water partition coefficient (Wildman–Crippen LogP) is 7.72. The van der Waals surface area contributed by atoms with Gasteiger partial charge in [0.25, 0.3) is 0 Å². The zero-order chi connectivity index (χ0) is 28.4. The third kappa shape index (κ3) is 7.64.